The molecule has 7 heteroatoms. The summed E-state index contributed by atoms with van der Waals surface area (Å²) in [6.45, 7) is 8.20. The molecule has 0 saturated carbocycles. The number of benzene rings is 1. The van der Waals surface area contributed by atoms with Crippen LogP contribution < -0.4 is 5.73 Å². The Morgan fingerprint density at radius 2 is 1.91 bits per heavy atom. The summed E-state index contributed by atoms with van der Waals surface area (Å²) < 4.78 is 11.0. The molecular weight excluding hydrogens is 428 g/mol. The van der Waals surface area contributed by atoms with Crippen molar-refractivity contribution >= 4 is 22.8 Å². The number of hydrogen-bond donors (Lipinski definition) is 1. The van der Waals surface area contributed by atoms with Crippen molar-refractivity contribution in [3.63, 3.8) is 0 Å². The number of pyridine rings is 1. The molecule has 0 amide bonds. The zero-order valence-corrected chi connectivity index (χ0v) is 19.6. The van der Waals surface area contributed by atoms with Crippen molar-refractivity contribution < 1.29 is 19.1 Å². The summed E-state index contributed by atoms with van der Waals surface area (Å²) >= 11 is 5.62. The summed E-state index contributed by atoms with van der Waals surface area (Å²) in [7, 11) is 0. The van der Waals surface area contributed by atoms with Gasteiger partial charge in [0.2, 0.25) is 5.24 Å². The molecule has 0 bridgehead atoms. The van der Waals surface area contributed by atoms with E-state index >= 15 is 0 Å². The van der Waals surface area contributed by atoms with E-state index < -0.39 is 23.2 Å². The second-order valence-corrected chi connectivity index (χ2v) is 8.84. The molecular formula is C25H29ClN2O4. The van der Waals surface area contributed by atoms with Crippen LogP contribution in [0.25, 0.3) is 11.1 Å². The first-order valence-corrected chi connectivity index (χ1v) is 11.1. The zero-order valence-electron chi connectivity index (χ0n) is 18.9. The molecule has 1 aliphatic rings. The van der Waals surface area contributed by atoms with Crippen molar-refractivity contribution in [2.45, 2.75) is 46.8 Å². The average Bonchev–Trinajstić information content (AvgIpc) is 3.21. The van der Waals surface area contributed by atoms with E-state index in [-0.39, 0.29) is 13.2 Å². The maximum Gasteiger partial charge on any atom is 0.340 e. The molecule has 1 aliphatic heterocycles. The Labute approximate surface area is 193 Å². The smallest absolute Gasteiger partial charge is 0.340 e. The number of carbonyl (C=O) groups excluding carboxylic acids is 2. The van der Waals surface area contributed by atoms with Gasteiger partial charge in [0.15, 0.2) is 0 Å². The van der Waals surface area contributed by atoms with Crippen LogP contribution in [0.5, 0.6) is 0 Å². The fraction of sp³-hybridized carbons (Fsp3) is 0.400. The van der Waals surface area contributed by atoms with Crippen LogP contribution in [0, 0.1) is 25.7 Å². The van der Waals surface area contributed by atoms with Crippen LogP contribution in [0.1, 0.15) is 46.7 Å². The fourth-order valence-corrected chi connectivity index (χ4v) is 4.11. The molecule has 2 heterocycles. The van der Waals surface area contributed by atoms with Gasteiger partial charge < -0.3 is 15.2 Å². The number of nitrogens with two attached hydrogens (primary N) is 1. The predicted octanol–water partition coefficient (Wildman–Crippen LogP) is 4.47. The van der Waals surface area contributed by atoms with E-state index in [1.807, 2.05) is 31.2 Å². The Bertz CT molecular complexity index is 1030. The van der Waals surface area contributed by atoms with Crippen molar-refractivity contribution in [2.75, 3.05) is 6.61 Å². The SMILES string of the molecule is Cc1ccc(-c2c(CN)c(CC(C)C)nc(C)c2C(=O)OCC2OC=CC2C(=O)Cl)cc1. The number of nitrogens with zero attached hydrogens (tertiary/aromatic N) is 1. The maximum atomic E-state index is 13.3. The Hall–Kier alpha value is -2.70. The lowest BCUT2D eigenvalue weighted by Gasteiger charge is -2.21. The average molecular weight is 457 g/mol. The first-order valence-electron chi connectivity index (χ1n) is 10.7. The Balaban J connectivity index is 2.02. The van der Waals surface area contributed by atoms with Gasteiger partial charge >= 0.3 is 5.97 Å². The quantitative estimate of drug-likeness (QED) is 0.465. The van der Waals surface area contributed by atoms with E-state index in [0.29, 0.717) is 17.2 Å². The minimum atomic E-state index is -0.645. The second kappa shape index (κ2) is 10.3. The van der Waals surface area contributed by atoms with Gasteiger partial charge in [-0.2, -0.15) is 0 Å². The number of rotatable bonds is 8. The first-order chi connectivity index (χ1) is 15.2. The summed E-state index contributed by atoms with van der Waals surface area (Å²) in [6, 6.07) is 7.95. The van der Waals surface area contributed by atoms with E-state index in [4.69, 9.17) is 31.8 Å². The topological polar surface area (TPSA) is 91.5 Å². The lowest BCUT2D eigenvalue weighted by molar-refractivity contribution is -0.116. The summed E-state index contributed by atoms with van der Waals surface area (Å²) in [5.74, 6) is -0.797. The van der Waals surface area contributed by atoms with Crippen molar-refractivity contribution in [2.24, 2.45) is 17.6 Å². The van der Waals surface area contributed by atoms with E-state index in [9.17, 15) is 9.59 Å². The van der Waals surface area contributed by atoms with E-state index in [1.165, 1.54) is 6.26 Å². The lowest BCUT2D eigenvalue weighted by atomic mass is 9.90. The highest BCUT2D eigenvalue weighted by Gasteiger charge is 2.32. The molecule has 1 aromatic carbocycles. The predicted molar refractivity (Wildman–Crippen MR) is 124 cm³/mol. The third kappa shape index (κ3) is 5.19. The van der Waals surface area contributed by atoms with Crippen LogP contribution in [-0.4, -0.2) is 28.9 Å². The third-order valence-corrected chi connectivity index (χ3v) is 5.75. The van der Waals surface area contributed by atoms with E-state index in [2.05, 4.69) is 13.8 Å². The number of aromatic nitrogens is 1. The number of hydrogen-bond acceptors (Lipinski definition) is 6. The van der Waals surface area contributed by atoms with Gasteiger partial charge in [-0.3, -0.25) is 9.78 Å². The third-order valence-electron chi connectivity index (χ3n) is 5.50. The van der Waals surface area contributed by atoms with Gasteiger partial charge in [-0.25, -0.2) is 4.79 Å². The minimum absolute atomic E-state index is 0.104. The van der Waals surface area contributed by atoms with Crippen LogP contribution in [-0.2, 0) is 27.2 Å². The molecule has 0 fully saturated rings. The molecule has 1 aromatic heterocycles. The molecule has 0 saturated heterocycles. The Morgan fingerprint density at radius 1 is 1.22 bits per heavy atom. The van der Waals surface area contributed by atoms with Crippen molar-refractivity contribution in [3.05, 3.63) is 64.7 Å². The highest BCUT2D eigenvalue weighted by atomic mass is 35.5. The standard InChI is InChI=1S/C25H29ClN2O4/c1-14(2)11-20-19(12-27)23(17-7-5-15(3)6-8-17)22(16(4)28-20)25(30)32-13-21-18(24(26)29)9-10-31-21/h5-10,14,18,21H,11-13,27H2,1-4H3. The van der Waals surface area contributed by atoms with Gasteiger partial charge in [-0.1, -0.05) is 43.7 Å². The van der Waals surface area contributed by atoms with Crippen molar-refractivity contribution in [1.29, 1.82) is 0 Å². The lowest BCUT2D eigenvalue weighted by Crippen LogP contribution is -2.28. The molecule has 170 valence electrons. The van der Waals surface area contributed by atoms with Gasteiger partial charge in [0, 0.05) is 17.8 Å². The molecule has 2 unspecified atom stereocenters. The van der Waals surface area contributed by atoms with Crippen molar-refractivity contribution in [1.82, 2.24) is 4.98 Å². The van der Waals surface area contributed by atoms with Crippen LogP contribution in [0.15, 0.2) is 36.6 Å². The Kier molecular flexibility index (Phi) is 7.69. The molecule has 2 aromatic rings. The summed E-state index contributed by atoms with van der Waals surface area (Å²) in [5.41, 5.74) is 11.6. The Morgan fingerprint density at radius 3 is 2.50 bits per heavy atom. The van der Waals surface area contributed by atoms with Crippen LogP contribution in [0.4, 0.5) is 0 Å². The molecule has 0 radical (unpaired) electrons. The number of ether oxygens (including phenoxy) is 2. The molecule has 6 nitrogen and oxygen atoms in total. The second-order valence-electron chi connectivity index (χ2n) is 8.47. The number of esters is 1. The van der Waals surface area contributed by atoms with Crippen molar-refractivity contribution in [3.8, 4) is 11.1 Å². The molecule has 0 aliphatic carbocycles. The highest BCUT2D eigenvalue weighted by molar-refractivity contribution is 6.64. The monoisotopic (exact) mass is 456 g/mol. The number of carbonyl (C=O) groups is 2. The van der Waals surface area contributed by atoms with Gasteiger partial charge in [-0.05, 0) is 55.0 Å². The fourth-order valence-electron chi connectivity index (χ4n) is 3.90. The van der Waals surface area contributed by atoms with Crippen LogP contribution in [0.3, 0.4) is 0 Å². The first kappa shape index (κ1) is 24.0. The molecule has 32 heavy (non-hydrogen) atoms. The van der Waals surface area contributed by atoms with Gasteiger partial charge in [0.1, 0.15) is 12.7 Å². The largest absolute Gasteiger partial charge is 0.494 e. The van der Waals surface area contributed by atoms with Crippen LogP contribution >= 0.6 is 11.6 Å². The molecule has 2 N–H and O–H groups in total. The van der Waals surface area contributed by atoms with E-state index in [1.54, 1.807) is 13.0 Å². The normalized spacial score (nSPS) is 17.5. The number of aryl methyl sites for hydroxylation is 2. The van der Waals surface area contributed by atoms with Crippen LogP contribution in [0.2, 0.25) is 0 Å². The summed E-state index contributed by atoms with van der Waals surface area (Å²) in [5, 5.41) is -0.554. The van der Waals surface area contributed by atoms with Gasteiger partial charge in [-0.15, -0.1) is 0 Å². The summed E-state index contributed by atoms with van der Waals surface area (Å²) in [4.78, 5) is 29.6. The summed E-state index contributed by atoms with van der Waals surface area (Å²) in [6.07, 6.45) is 3.07. The minimum Gasteiger partial charge on any atom is -0.494 e. The van der Waals surface area contributed by atoms with E-state index in [0.717, 1.165) is 34.4 Å². The van der Waals surface area contributed by atoms with Gasteiger partial charge in [0.05, 0.1) is 23.4 Å². The molecule has 2 atom stereocenters. The number of halogens is 1. The molecule has 3 rings (SSSR count). The highest BCUT2D eigenvalue weighted by Crippen LogP contribution is 2.33. The molecule has 0 spiro atoms. The maximum absolute atomic E-state index is 13.3. The zero-order chi connectivity index (χ0) is 23.4. The van der Waals surface area contributed by atoms with Gasteiger partial charge in [0.25, 0.3) is 0 Å².